The maximum Gasteiger partial charge on any atom is 0.329 e. The van der Waals surface area contributed by atoms with Gasteiger partial charge in [-0.1, -0.05) is 30.3 Å². The highest BCUT2D eigenvalue weighted by molar-refractivity contribution is 7.99. The lowest BCUT2D eigenvalue weighted by atomic mass is 10.1. The van der Waals surface area contributed by atoms with Gasteiger partial charge in [0.05, 0.1) is 31.1 Å². The number of esters is 1. The SMILES string of the molecule is COC(=O)C1CSCN1C(=O)c1cc(OC)c(OCc2ccccc2)cc1[N+](=O)[O-]. The number of nitrogens with zero attached hydrogens (tertiary/aromatic N) is 2. The Balaban J connectivity index is 1.93. The van der Waals surface area contributed by atoms with E-state index in [1.165, 1.54) is 43.0 Å². The summed E-state index contributed by atoms with van der Waals surface area (Å²) in [5.41, 5.74) is 0.266. The topological polar surface area (TPSA) is 108 Å². The molecule has 0 aromatic heterocycles. The molecule has 158 valence electrons. The lowest BCUT2D eigenvalue weighted by Gasteiger charge is -2.22. The maximum atomic E-state index is 13.1. The Morgan fingerprint density at radius 3 is 2.57 bits per heavy atom. The van der Waals surface area contributed by atoms with Crippen LogP contribution in [0.4, 0.5) is 5.69 Å². The van der Waals surface area contributed by atoms with Crippen molar-refractivity contribution in [3.8, 4) is 11.5 Å². The molecule has 1 atom stereocenters. The van der Waals surface area contributed by atoms with E-state index in [1.54, 1.807) is 0 Å². The second-order valence-electron chi connectivity index (χ2n) is 6.37. The van der Waals surface area contributed by atoms with Crippen molar-refractivity contribution in [2.24, 2.45) is 0 Å². The molecule has 0 spiro atoms. The number of carbonyl (C=O) groups is 2. The third-order valence-corrected chi connectivity index (χ3v) is 5.57. The summed E-state index contributed by atoms with van der Waals surface area (Å²) >= 11 is 1.37. The van der Waals surface area contributed by atoms with Gasteiger partial charge >= 0.3 is 5.97 Å². The molecule has 2 aromatic carbocycles. The van der Waals surface area contributed by atoms with Gasteiger partial charge in [-0.05, 0) is 5.56 Å². The molecule has 1 unspecified atom stereocenters. The summed E-state index contributed by atoms with van der Waals surface area (Å²) in [6, 6.07) is 10.9. The molecular weight excluding hydrogens is 412 g/mol. The van der Waals surface area contributed by atoms with Crippen LogP contribution in [0.1, 0.15) is 15.9 Å². The van der Waals surface area contributed by atoms with Crippen LogP contribution in [-0.4, -0.2) is 53.6 Å². The highest BCUT2D eigenvalue weighted by Crippen LogP contribution is 2.37. The average molecular weight is 432 g/mol. The van der Waals surface area contributed by atoms with E-state index in [1.807, 2.05) is 30.3 Å². The summed E-state index contributed by atoms with van der Waals surface area (Å²) in [4.78, 5) is 37.3. The summed E-state index contributed by atoms with van der Waals surface area (Å²) in [6.07, 6.45) is 0. The van der Waals surface area contributed by atoms with Crippen molar-refractivity contribution in [3.63, 3.8) is 0 Å². The molecule has 0 bridgehead atoms. The highest BCUT2D eigenvalue weighted by Gasteiger charge is 2.38. The first-order valence-electron chi connectivity index (χ1n) is 8.96. The van der Waals surface area contributed by atoms with Crippen molar-refractivity contribution in [1.82, 2.24) is 4.90 Å². The minimum atomic E-state index is -0.799. The Morgan fingerprint density at radius 2 is 1.93 bits per heavy atom. The Kier molecular flexibility index (Phi) is 6.78. The molecule has 0 saturated carbocycles. The molecule has 1 heterocycles. The number of amides is 1. The van der Waals surface area contributed by atoms with Crippen LogP contribution in [-0.2, 0) is 16.1 Å². The third kappa shape index (κ3) is 4.48. The molecule has 10 heteroatoms. The summed E-state index contributed by atoms with van der Waals surface area (Å²) in [5.74, 6) is -0.293. The normalized spacial score (nSPS) is 15.5. The molecule has 1 aliphatic rings. The van der Waals surface area contributed by atoms with Crippen molar-refractivity contribution < 1.29 is 28.7 Å². The van der Waals surface area contributed by atoms with E-state index in [9.17, 15) is 19.7 Å². The number of hydrogen-bond donors (Lipinski definition) is 0. The zero-order valence-electron chi connectivity index (χ0n) is 16.4. The molecule has 1 aliphatic heterocycles. The molecule has 9 nitrogen and oxygen atoms in total. The second kappa shape index (κ2) is 9.49. The van der Waals surface area contributed by atoms with Crippen LogP contribution in [0.5, 0.6) is 11.5 Å². The zero-order valence-corrected chi connectivity index (χ0v) is 17.2. The summed E-state index contributed by atoms with van der Waals surface area (Å²) in [6.45, 7) is 0.175. The Hall–Kier alpha value is -3.27. The number of hydrogen-bond acceptors (Lipinski definition) is 8. The maximum absolute atomic E-state index is 13.1. The fourth-order valence-electron chi connectivity index (χ4n) is 3.01. The molecule has 2 aromatic rings. The van der Waals surface area contributed by atoms with Gasteiger partial charge in [-0.3, -0.25) is 14.9 Å². The molecule has 0 aliphatic carbocycles. The number of rotatable bonds is 7. The molecule has 3 rings (SSSR count). The molecule has 30 heavy (non-hydrogen) atoms. The number of benzene rings is 2. The zero-order chi connectivity index (χ0) is 21.7. The molecule has 0 N–H and O–H groups in total. The van der Waals surface area contributed by atoms with E-state index >= 15 is 0 Å². The Morgan fingerprint density at radius 1 is 1.20 bits per heavy atom. The van der Waals surface area contributed by atoms with E-state index < -0.39 is 28.5 Å². The first-order valence-corrected chi connectivity index (χ1v) is 10.1. The van der Waals surface area contributed by atoms with Gasteiger partial charge in [0.1, 0.15) is 18.2 Å². The molecule has 1 fully saturated rings. The lowest BCUT2D eigenvalue weighted by molar-refractivity contribution is -0.385. The van der Waals surface area contributed by atoms with Crippen LogP contribution in [0, 0.1) is 10.1 Å². The van der Waals surface area contributed by atoms with Crippen LogP contribution in [0.25, 0.3) is 0 Å². The van der Waals surface area contributed by atoms with E-state index in [4.69, 9.17) is 14.2 Å². The van der Waals surface area contributed by atoms with E-state index in [2.05, 4.69) is 0 Å². The summed E-state index contributed by atoms with van der Waals surface area (Å²) in [5, 5.41) is 11.7. The smallest absolute Gasteiger partial charge is 0.329 e. The van der Waals surface area contributed by atoms with Crippen molar-refractivity contribution in [2.75, 3.05) is 25.8 Å². The van der Waals surface area contributed by atoms with Gasteiger partial charge in [0, 0.05) is 11.8 Å². The van der Waals surface area contributed by atoms with Crippen LogP contribution >= 0.6 is 11.8 Å². The van der Waals surface area contributed by atoms with E-state index in [0.717, 1.165) is 5.56 Å². The predicted octanol–water partition coefficient (Wildman–Crippen LogP) is 2.87. The van der Waals surface area contributed by atoms with Gasteiger partial charge in [0.2, 0.25) is 0 Å². The van der Waals surface area contributed by atoms with Crippen molar-refractivity contribution >= 4 is 29.3 Å². The monoisotopic (exact) mass is 432 g/mol. The number of ether oxygens (including phenoxy) is 3. The number of thioether (sulfide) groups is 1. The highest BCUT2D eigenvalue weighted by atomic mass is 32.2. The second-order valence-corrected chi connectivity index (χ2v) is 7.37. The average Bonchev–Trinajstić information content (AvgIpc) is 3.26. The first kappa shape index (κ1) is 21.4. The molecular formula is C20H20N2O7S. The van der Waals surface area contributed by atoms with Crippen molar-refractivity contribution in [2.45, 2.75) is 12.6 Å². The van der Waals surface area contributed by atoms with Crippen LogP contribution in [0.3, 0.4) is 0 Å². The van der Waals surface area contributed by atoms with E-state index in [0.29, 0.717) is 5.75 Å². The number of nitro groups is 1. The minimum absolute atomic E-state index is 0.143. The molecule has 0 radical (unpaired) electrons. The van der Waals surface area contributed by atoms with Crippen LogP contribution in [0.2, 0.25) is 0 Å². The number of methoxy groups -OCH3 is 2. The standard InChI is InChI=1S/C20H20N2O7S/c1-27-17-8-14(19(23)21-12-30-11-16(21)20(24)28-2)15(22(25)26)9-18(17)29-10-13-6-4-3-5-7-13/h3-9,16H,10-12H2,1-2H3. The fraction of sp³-hybridized carbons (Fsp3) is 0.300. The van der Waals surface area contributed by atoms with Gasteiger partial charge in [0.25, 0.3) is 11.6 Å². The van der Waals surface area contributed by atoms with Gasteiger partial charge in [-0.15, -0.1) is 11.8 Å². The Bertz CT molecular complexity index is 952. The van der Waals surface area contributed by atoms with Crippen molar-refractivity contribution in [3.05, 3.63) is 63.7 Å². The first-order chi connectivity index (χ1) is 14.5. The van der Waals surface area contributed by atoms with Gasteiger partial charge in [-0.2, -0.15) is 0 Å². The molecule has 1 saturated heterocycles. The third-order valence-electron chi connectivity index (χ3n) is 4.56. The van der Waals surface area contributed by atoms with Crippen molar-refractivity contribution in [1.29, 1.82) is 0 Å². The summed E-state index contributed by atoms with van der Waals surface area (Å²) in [7, 11) is 2.62. The van der Waals surface area contributed by atoms with Gasteiger partial charge in [0.15, 0.2) is 11.5 Å². The largest absolute Gasteiger partial charge is 0.493 e. The lowest BCUT2D eigenvalue weighted by Crippen LogP contribution is -2.42. The Labute approximate surface area is 177 Å². The van der Waals surface area contributed by atoms with Crippen LogP contribution < -0.4 is 9.47 Å². The fourth-order valence-corrected chi connectivity index (χ4v) is 4.15. The molecule has 1 amide bonds. The van der Waals surface area contributed by atoms with Gasteiger partial charge < -0.3 is 19.1 Å². The number of carbonyl (C=O) groups excluding carboxylic acids is 2. The quantitative estimate of drug-likeness (QED) is 0.373. The summed E-state index contributed by atoms with van der Waals surface area (Å²) < 4.78 is 15.8. The van der Waals surface area contributed by atoms with Gasteiger partial charge in [-0.25, -0.2) is 4.79 Å². The van der Waals surface area contributed by atoms with E-state index in [-0.39, 0.29) is 29.5 Å². The minimum Gasteiger partial charge on any atom is -0.493 e. The number of nitro benzene ring substituents is 1. The van der Waals surface area contributed by atoms with Crippen LogP contribution in [0.15, 0.2) is 42.5 Å². The predicted molar refractivity (Wildman–Crippen MR) is 110 cm³/mol.